The van der Waals surface area contributed by atoms with E-state index in [4.69, 9.17) is 15.5 Å². The van der Waals surface area contributed by atoms with Gasteiger partial charge in [-0.05, 0) is 55.6 Å². The number of Topliss-reactive ketones (excluding diaryl/α,β-unsaturated/α-hetero) is 1. The summed E-state index contributed by atoms with van der Waals surface area (Å²) in [7, 11) is -4.52. The van der Waals surface area contributed by atoms with Gasteiger partial charge in [-0.3, -0.25) is 9.32 Å². The minimum Gasteiger partial charge on any atom is -0.323 e. The summed E-state index contributed by atoms with van der Waals surface area (Å²) in [5, 5.41) is 0. The van der Waals surface area contributed by atoms with E-state index in [0.717, 1.165) is 36.8 Å². The van der Waals surface area contributed by atoms with E-state index >= 15 is 0 Å². The molecule has 162 valence electrons. The van der Waals surface area contributed by atoms with E-state index in [2.05, 4.69) is 16.7 Å². The molecule has 0 unspecified atom stereocenters. The van der Waals surface area contributed by atoms with Gasteiger partial charge in [-0.15, -0.1) is 0 Å². The van der Waals surface area contributed by atoms with Gasteiger partial charge in [-0.1, -0.05) is 54.6 Å². The van der Waals surface area contributed by atoms with Gasteiger partial charge in [0.15, 0.2) is 5.78 Å². The molecule has 0 heterocycles. The zero-order chi connectivity index (χ0) is 21.6. The highest BCUT2D eigenvalue weighted by Crippen LogP contribution is 2.43. The van der Waals surface area contributed by atoms with Crippen LogP contribution in [0.1, 0.15) is 65.9 Å². The van der Waals surface area contributed by atoms with E-state index in [1.807, 2.05) is 42.5 Å². The molecule has 1 aliphatic carbocycles. The van der Waals surface area contributed by atoms with Gasteiger partial charge in [0.2, 0.25) is 0 Å². The van der Waals surface area contributed by atoms with Gasteiger partial charge in [-0.2, -0.15) is 0 Å². The zero-order valence-electron chi connectivity index (χ0n) is 17.1. The normalized spacial score (nSPS) is 21.6. The van der Waals surface area contributed by atoms with E-state index < -0.39 is 13.4 Å². The average molecular weight is 431 g/mol. The van der Waals surface area contributed by atoms with Crippen LogP contribution in [-0.4, -0.2) is 27.7 Å². The number of benzene rings is 2. The number of unbranched alkanes of at least 4 members (excludes halogenated alkanes) is 1. The van der Waals surface area contributed by atoms with Crippen LogP contribution in [0.4, 0.5) is 0 Å². The lowest BCUT2D eigenvalue weighted by Gasteiger charge is -2.24. The second-order valence-corrected chi connectivity index (χ2v) is 9.54. The van der Waals surface area contributed by atoms with E-state index in [0.29, 0.717) is 19.3 Å². The van der Waals surface area contributed by atoms with Crippen LogP contribution >= 0.6 is 7.82 Å². The third kappa shape index (κ3) is 6.86. The van der Waals surface area contributed by atoms with E-state index in [-0.39, 0.29) is 18.3 Å². The molecule has 0 amide bonds. The second kappa shape index (κ2) is 9.99. The number of ketones is 1. The van der Waals surface area contributed by atoms with Crippen molar-refractivity contribution >= 4 is 13.6 Å². The maximum absolute atomic E-state index is 12.5. The fourth-order valence-electron chi connectivity index (χ4n) is 4.13. The number of phosphoric ester groups is 1. The summed E-state index contributed by atoms with van der Waals surface area (Å²) in [6, 6.07) is 18.0. The van der Waals surface area contributed by atoms with Crippen LogP contribution in [0.3, 0.4) is 0 Å². The second-order valence-electron chi connectivity index (χ2n) is 8.30. The standard InChI is InChI=1S/C23H30NO5P/c24-23(17-29-30(26,27)28)15-14-21(16-23)19-10-12-20(13-11-19)22(25)9-5-4-8-18-6-2-1-3-7-18/h1-3,6-7,10-13,21H,4-5,8-9,14-17,24H2,(H2,26,27,28)/t21-,23-/m1/s1. The molecular formula is C23H30NO5P. The molecule has 7 heteroatoms. The number of aryl methyl sites for hydroxylation is 1. The summed E-state index contributed by atoms with van der Waals surface area (Å²) in [6.07, 6.45) is 5.45. The lowest BCUT2D eigenvalue weighted by molar-refractivity contribution is 0.0979. The zero-order valence-corrected chi connectivity index (χ0v) is 18.0. The van der Waals surface area contributed by atoms with Crippen LogP contribution in [0.5, 0.6) is 0 Å². The molecule has 0 bridgehead atoms. The molecule has 1 aliphatic rings. The number of hydrogen-bond acceptors (Lipinski definition) is 4. The average Bonchev–Trinajstić information content (AvgIpc) is 3.13. The lowest BCUT2D eigenvalue weighted by Crippen LogP contribution is -2.41. The Morgan fingerprint density at radius 2 is 1.80 bits per heavy atom. The number of hydrogen-bond donors (Lipinski definition) is 3. The third-order valence-electron chi connectivity index (χ3n) is 5.83. The maximum atomic E-state index is 12.5. The summed E-state index contributed by atoms with van der Waals surface area (Å²) in [5.41, 5.74) is 8.64. The Bertz CT molecular complexity index is 880. The summed E-state index contributed by atoms with van der Waals surface area (Å²) in [6.45, 7) is -0.159. The van der Waals surface area contributed by atoms with E-state index in [9.17, 15) is 9.36 Å². The van der Waals surface area contributed by atoms with Crippen LogP contribution in [0.15, 0.2) is 54.6 Å². The molecule has 1 saturated carbocycles. The molecular weight excluding hydrogens is 401 g/mol. The number of phosphoric acid groups is 1. The van der Waals surface area contributed by atoms with Crippen LogP contribution in [-0.2, 0) is 15.5 Å². The first kappa shape index (κ1) is 22.9. The Labute approximate surface area is 177 Å². The first-order chi connectivity index (χ1) is 14.2. The molecule has 2 aromatic rings. The van der Waals surface area contributed by atoms with Crippen molar-refractivity contribution in [3.05, 3.63) is 71.3 Å². The number of nitrogens with two attached hydrogens (primary N) is 1. The Hall–Kier alpha value is -1.82. The van der Waals surface area contributed by atoms with Crippen molar-refractivity contribution in [1.82, 2.24) is 0 Å². The molecule has 1 fully saturated rings. The highest BCUT2D eigenvalue weighted by molar-refractivity contribution is 7.46. The smallest absolute Gasteiger partial charge is 0.323 e. The Kier molecular flexibility index (Phi) is 7.61. The minimum absolute atomic E-state index is 0.157. The van der Waals surface area contributed by atoms with Crippen molar-refractivity contribution in [2.75, 3.05) is 6.61 Å². The highest BCUT2D eigenvalue weighted by atomic mass is 31.2. The third-order valence-corrected chi connectivity index (χ3v) is 6.30. The van der Waals surface area contributed by atoms with Gasteiger partial charge in [0.05, 0.1) is 6.61 Å². The van der Waals surface area contributed by atoms with Gasteiger partial charge in [0.25, 0.3) is 0 Å². The fraction of sp³-hybridized carbons (Fsp3) is 0.435. The summed E-state index contributed by atoms with van der Waals surface area (Å²) in [4.78, 5) is 30.2. The Morgan fingerprint density at radius 1 is 1.10 bits per heavy atom. The predicted molar refractivity (Wildman–Crippen MR) is 116 cm³/mol. The molecule has 0 radical (unpaired) electrons. The first-order valence-corrected chi connectivity index (χ1v) is 11.9. The molecule has 4 N–H and O–H groups in total. The minimum atomic E-state index is -4.52. The van der Waals surface area contributed by atoms with Crippen molar-refractivity contribution in [1.29, 1.82) is 0 Å². The van der Waals surface area contributed by atoms with Crippen LogP contribution < -0.4 is 5.73 Å². The van der Waals surface area contributed by atoms with E-state index in [1.165, 1.54) is 5.56 Å². The predicted octanol–water partition coefficient (Wildman–Crippen LogP) is 4.36. The van der Waals surface area contributed by atoms with Crippen molar-refractivity contribution in [2.45, 2.75) is 56.4 Å². The monoisotopic (exact) mass is 431 g/mol. The number of rotatable bonds is 10. The number of carbonyl (C=O) groups excluding carboxylic acids is 1. The van der Waals surface area contributed by atoms with E-state index in [1.54, 1.807) is 0 Å². The molecule has 0 aliphatic heterocycles. The molecule has 0 aromatic heterocycles. The maximum Gasteiger partial charge on any atom is 0.469 e. The SMILES string of the molecule is N[C@]1(COP(=O)(O)O)CC[C@@H](c2ccc(C(=O)CCCCc3ccccc3)cc2)C1. The van der Waals surface area contributed by atoms with Crippen molar-refractivity contribution < 1.29 is 23.7 Å². The molecule has 6 nitrogen and oxygen atoms in total. The topological polar surface area (TPSA) is 110 Å². The molecule has 0 saturated heterocycles. The number of carbonyl (C=O) groups is 1. The molecule has 2 atom stereocenters. The quantitative estimate of drug-likeness (QED) is 0.293. The van der Waals surface area contributed by atoms with Gasteiger partial charge >= 0.3 is 7.82 Å². The van der Waals surface area contributed by atoms with Crippen molar-refractivity contribution in [3.63, 3.8) is 0 Å². The van der Waals surface area contributed by atoms with Crippen molar-refractivity contribution in [3.8, 4) is 0 Å². The molecule has 0 spiro atoms. The van der Waals surface area contributed by atoms with Gasteiger partial charge in [0, 0.05) is 17.5 Å². The van der Waals surface area contributed by atoms with Gasteiger partial charge in [-0.25, -0.2) is 4.57 Å². The largest absolute Gasteiger partial charge is 0.469 e. The highest BCUT2D eigenvalue weighted by Gasteiger charge is 2.38. The first-order valence-electron chi connectivity index (χ1n) is 10.4. The van der Waals surface area contributed by atoms with Crippen LogP contribution in [0, 0.1) is 0 Å². The van der Waals surface area contributed by atoms with Gasteiger partial charge in [0.1, 0.15) is 0 Å². The Balaban J connectivity index is 1.46. The summed E-state index contributed by atoms with van der Waals surface area (Å²) in [5.74, 6) is 0.356. The van der Waals surface area contributed by atoms with Crippen LogP contribution in [0.2, 0.25) is 0 Å². The Morgan fingerprint density at radius 3 is 2.47 bits per heavy atom. The summed E-state index contributed by atoms with van der Waals surface area (Å²) >= 11 is 0. The lowest BCUT2D eigenvalue weighted by atomic mass is 9.92. The molecule has 2 aromatic carbocycles. The van der Waals surface area contributed by atoms with Gasteiger partial charge < -0.3 is 15.5 Å². The molecule has 3 rings (SSSR count). The fourth-order valence-corrected chi connectivity index (χ4v) is 4.55. The summed E-state index contributed by atoms with van der Waals surface area (Å²) < 4.78 is 15.6. The van der Waals surface area contributed by atoms with Crippen LogP contribution in [0.25, 0.3) is 0 Å². The molecule has 30 heavy (non-hydrogen) atoms. The van der Waals surface area contributed by atoms with Crippen molar-refractivity contribution in [2.24, 2.45) is 5.73 Å².